The highest BCUT2D eigenvalue weighted by atomic mass is 16.5. The Labute approximate surface area is 188 Å². The number of rotatable bonds is 9. The van der Waals surface area contributed by atoms with Gasteiger partial charge in [-0.15, -0.1) is 10.2 Å². The first kappa shape index (κ1) is 21.9. The molecule has 2 aliphatic rings. The quantitative estimate of drug-likeness (QED) is 0.334. The third-order valence-corrected chi connectivity index (χ3v) is 5.03. The molecule has 1 aromatic heterocycles. The van der Waals surface area contributed by atoms with Crippen LogP contribution in [0, 0.1) is 0 Å². The van der Waals surface area contributed by atoms with Crippen molar-refractivity contribution in [1.29, 1.82) is 0 Å². The van der Waals surface area contributed by atoms with E-state index in [-0.39, 0.29) is 53.4 Å². The highest BCUT2D eigenvalue weighted by molar-refractivity contribution is 5.99. The molecule has 1 aromatic carbocycles. The van der Waals surface area contributed by atoms with Crippen molar-refractivity contribution >= 4 is 11.8 Å². The number of phenols is 2. The molecule has 11 heteroatoms. The lowest BCUT2D eigenvalue weighted by Crippen LogP contribution is -2.28. The smallest absolute Gasteiger partial charge is 0.295 e. The van der Waals surface area contributed by atoms with Crippen molar-refractivity contribution in [3.63, 3.8) is 0 Å². The van der Waals surface area contributed by atoms with Crippen molar-refractivity contribution in [1.82, 2.24) is 20.8 Å². The summed E-state index contributed by atoms with van der Waals surface area (Å²) < 4.78 is 5.12. The standard InChI is InChI=1S/C22H22N6O5/c29-13-6-7-17(30)16(12-13)21-25-19(33-28-21)9-8-18(31)23-10-3-11-24-20-14-4-1-2-5-15(14)22(32)27-26-20/h1-2,5-7,12,24,29-30H,3-4,8-11H2,(H,23,31). The van der Waals surface area contributed by atoms with Crippen molar-refractivity contribution < 1.29 is 24.3 Å². The third-order valence-electron chi connectivity index (χ3n) is 5.03. The highest BCUT2D eigenvalue weighted by Gasteiger charge is 2.23. The summed E-state index contributed by atoms with van der Waals surface area (Å²) in [5.74, 6) is 0.348. The number of benzene rings is 1. The van der Waals surface area contributed by atoms with Crippen LogP contribution in [0.25, 0.3) is 11.4 Å². The lowest BCUT2D eigenvalue weighted by atomic mass is 9.97. The number of hydrogen-bond donors (Lipinski definition) is 4. The van der Waals surface area contributed by atoms with E-state index in [1.165, 1.54) is 18.2 Å². The Morgan fingerprint density at radius 1 is 1.18 bits per heavy atom. The van der Waals surface area contributed by atoms with E-state index in [0.29, 0.717) is 37.3 Å². The fourth-order valence-electron chi connectivity index (χ4n) is 3.34. The van der Waals surface area contributed by atoms with Gasteiger partial charge in [0.1, 0.15) is 11.5 Å². The van der Waals surface area contributed by atoms with Crippen molar-refractivity contribution in [2.75, 3.05) is 13.1 Å². The van der Waals surface area contributed by atoms with Crippen LogP contribution in [0.3, 0.4) is 0 Å². The molecule has 0 radical (unpaired) electrons. The second-order valence-corrected chi connectivity index (χ2v) is 7.39. The molecule has 11 nitrogen and oxygen atoms in total. The molecular formula is C22H22N6O5. The van der Waals surface area contributed by atoms with Crippen molar-refractivity contribution in [3.05, 3.63) is 59.3 Å². The van der Waals surface area contributed by atoms with Crippen LogP contribution in [0.1, 0.15) is 25.2 Å². The summed E-state index contributed by atoms with van der Waals surface area (Å²) in [6.45, 7) is 1.02. The van der Waals surface area contributed by atoms with Gasteiger partial charge in [-0.05, 0) is 37.1 Å². The van der Waals surface area contributed by atoms with Gasteiger partial charge in [0.25, 0.3) is 5.91 Å². The maximum atomic E-state index is 12.1. The summed E-state index contributed by atoms with van der Waals surface area (Å²) in [4.78, 5) is 28.0. The number of allylic oxidation sites excluding steroid dienone is 3. The second kappa shape index (κ2) is 9.90. The topological polar surface area (TPSA) is 162 Å². The molecule has 1 aliphatic carbocycles. The molecule has 0 fully saturated rings. The Kier molecular flexibility index (Phi) is 6.58. The van der Waals surface area contributed by atoms with Gasteiger partial charge >= 0.3 is 0 Å². The first-order valence-electron chi connectivity index (χ1n) is 10.4. The molecule has 4 N–H and O–H groups in total. The molecule has 2 aromatic rings. The molecule has 1 aliphatic heterocycles. The Morgan fingerprint density at radius 3 is 2.94 bits per heavy atom. The molecule has 0 saturated carbocycles. The van der Waals surface area contributed by atoms with Crippen LogP contribution in [0.15, 0.2) is 68.1 Å². The lowest BCUT2D eigenvalue weighted by Gasteiger charge is -2.18. The molecule has 0 bridgehead atoms. The molecule has 33 heavy (non-hydrogen) atoms. The van der Waals surface area contributed by atoms with Crippen LogP contribution in [0.2, 0.25) is 0 Å². The summed E-state index contributed by atoms with van der Waals surface area (Å²) in [5, 5.41) is 36.8. The van der Waals surface area contributed by atoms with Crippen LogP contribution in [-0.2, 0) is 16.0 Å². The SMILES string of the molecule is O=C(CCc1nc(-c2cc(O)ccc2O)no1)NCCCNC1=C2CC=CC=C2C(=O)N=N1. The number of azo groups is 1. The van der Waals surface area contributed by atoms with Crippen LogP contribution in [0.5, 0.6) is 11.5 Å². The predicted molar refractivity (Wildman–Crippen MR) is 116 cm³/mol. The van der Waals surface area contributed by atoms with Gasteiger partial charge in [0.05, 0.1) is 11.1 Å². The number of carbonyl (C=O) groups is 2. The van der Waals surface area contributed by atoms with E-state index >= 15 is 0 Å². The highest BCUT2D eigenvalue weighted by Crippen LogP contribution is 2.30. The average Bonchev–Trinajstić information content (AvgIpc) is 3.29. The van der Waals surface area contributed by atoms with Crippen LogP contribution >= 0.6 is 0 Å². The van der Waals surface area contributed by atoms with Crippen LogP contribution in [0.4, 0.5) is 0 Å². The predicted octanol–water partition coefficient (Wildman–Crippen LogP) is 2.27. The lowest BCUT2D eigenvalue weighted by molar-refractivity contribution is -0.121. The Hall–Kier alpha value is -4.28. The number of aromatic nitrogens is 2. The minimum atomic E-state index is -0.334. The molecule has 4 rings (SSSR count). The van der Waals surface area contributed by atoms with E-state index in [9.17, 15) is 19.8 Å². The zero-order chi connectivity index (χ0) is 23.2. The number of aromatic hydroxyl groups is 2. The molecule has 0 atom stereocenters. The van der Waals surface area contributed by atoms with Gasteiger partial charge in [-0.1, -0.05) is 17.3 Å². The molecule has 0 spiro atoms. The van der Waals surface area contributed by atoms with Gasteiger partial charge in [0, 0.05) is 31.5 Å². The zero-order valence-electron chi connectivity index (χ0n) is 17.6. The van der Waals surface area contributed by atoms with E-state index in [0.717, 1.165) is 5.57 Å². The summed E-state index contributed by atoms with van der Waals surface area (Å²) >= 11 is 0. The first-order chi connectivity index (χ1) is 16.0. The van der Waals surface area contributed by atoms with Crippen molar-refractivity contribution in [3.8, 4) is 22.9 Å². The Bertz CT molecular complexity index is 1190. The molecular weight excluding hydrogens is 428 g/mol. The second-order valence-electron chi connectivity index (χ2n) is 7.39. The molecule has 170 valence electrons. The minimum Gasteiger partial charge on any atom is -0.508 e. The fraction of sp³-hybridized carbons (Fsp3) is 0.273. The van der Waals surface area contributed by atoms with Gasteiger partial charge in [0.15, 0.2) is 5.82 Å². The van der Waals surface area contributed by atoms with Gasteiger partial charge in [-0.25, -0.2) is 0 Å². The van der Waals surface area contributed by atoms with E-state index in [4.69, 9.17) is 4.52 Å². The van der Waals surface area contributed by atoms with E-state index in [2.05, 4.69) is 31.0 Å². The maximum absolute atomic E-state index is 12.1. The number of fused-ring (bicyclic) bond motifs is 1. The molecule has 0 unspecified atom stereocenters. The molecule has 2 amide bonds. The zero-order valence-corrected chi connectivity index (χ0v) is 17.6. The van der Waals surface area contributed by atoms with E-state index < -0.39 is 0 Å². The molecule has 0 saturated heterocycles. The van der Waals surface area contributed by atoms with Gasteiger partial charge in [-0.3, -0.25) is 9.59 Å². The van der Waals surface area contributed by atoms with Crippen LogP contribution in [-0.4, -0.2) is 45.3 Å². The summed E-state index contributed by atoms with van der Waals surface area (Å²) in [6.07, 6.45) is 7.20. The van der Waals surface area contributed by atoms with Crippen LogP contribution < -0.4 is 10.6 Å². The summed E-state index contributed by atoms with van der Waals surface area (Å²) in [7, 11) is 0. The number of nitrogens with one attached hydrogen (secondary N) is 2. The third kappa shape index (κ3) is 5.32. The number of phenolic OH excluding ortho intramolecular Hbond substituents is 2. The van der Waals surface area contributed by atoms with E-state index in [1.807, 2.05) is 12.2 Å². The average molecular weight is 450 g/mol. The minimum absolute atomic E-state index is 0.0347. The van der Waals surface area contributed by atoms with Crippen molar-refractivity contribution in [2.24, 2.45) is 10.2 Å². The normalized spacial score (nSPS) is 14.8. The number of nitrogens with zero attached hydrogens (tertiary/aromatic N) is 4. The van der Waals surface area contributed by atoms with Crippen molar-refractivity contribution in [2.45, 2.75) is 25.7 Å². The number of aryl methyl sites for hydroxylation is 1. The Balaban J connectivity index is 1.18. The Morgan fingerprint density at radius 2 is 2.06 bits per heavy atom. The maximum Gasteiger partial charge on any atom is 0.295 e. The van der Waals surface area contributed by atoms with Gasteiger partial charge in [-0.2, -0.15) is 4.98 Å². The fourth-order valence-corrected chi connectivity index (χ4v) is 3.34. The number of carbonyl (C=O) groups excluding carboxylic acids is 2. The monoisotopic (exact) mass is 450 g/mol. The summed E-state index contributed by atoms with van der Waals surface area (Å²) in [6, 6.07) is 4.01. The number of amides is 2. The van der Waals surface area contributed by atoms with E-state index in [1.54, 1.807) is 6.08 Å². The van der Waals surface area contributed by atoms with Gasteiger partial charge < -0.3 is 25.4 Å². The first-order valence-corrected chi connectivity index (χ1v) is 10.4. The van der Waals surface area contributed by atoms with Gasteiger partial charge in [0.2, 0.25) is 17.6 Å². The largest absolute Gasteiger partial charge is 0.508 e. The number of hydrogen-bond acceptors (Lipinski definition) is 9. The summed E-state index contributed by atoms with van der Waals surface area (Å²) in [5.41, 5.74) is 1.64. The molecule has 2 heterocycles.